The molecule has 1 rings (SSSR count). The molecular weight excluding hydrogens is 392 g/mol. The molecule has 0 spiro atoms. The average molecular weight is 443 g/mol. The van der Waals surface area contributed by atoms with Crippen molar-refractivity contribution in [2.75, 3.05) is 19.8 Å². The summed E-state index contributed by atoms with van der Waals surface area (Å²) in [7, 11) is 0. The number of aliphatic hydroxyl groups excluding tert-OH is 3. The van der Waals surface area contributed by atoms with E-state index < -0.39 is 24.4 Å². The molecule has 0 bridgehead atoms. The molecule has 0 aliphatic carbocycles. The molecule has 1 aliphatic rings. The summed E-state index contributed by atoms with van der Waals surface area (Å²) in [4.78, 5) is 0. The highest BCUT2D eigenvalue weighted by Gasteiger charge is 2.40. The normalized spacial score (nSPS) is 22.5. The lowest BCUT2D eigenvalue weighted by Crippen LogP contribution is -2.42. The smallest absolute Gasteiger partial charge is 0.114 e. The maximum absolute atomic E-state index is 9.85. The molecule has 184 valence electrons. The molecule has 0 unspecified atom stereocenters. The van der Waals surface area contributed by atoms with Gasteiger partial charge in [-0.3, -0.25) is 0 Å². The van der Waals surface area contributed by atoms with Crippen molar-refractivity contribution in [2.24, 2.45) is 0 Å². The van der Waals surface area contributed by atoms with E-state index in [0.29, 0.717) is 6.61 Å². The maximum atomic E-state index is 9.85. The summed E-state index contributed by atoms with van der Waals surface area (Å²) < 4.78 is 11.0. The van der Waals surface area contributed by atoms with Gasteiger partial charge in [-0.1, -0.05) is 89.7 Å². The van der Waals surface area contributed by atoms with Gasteiger partial charge in [-0.15, -0.1) is 0 Å². The molecule has 0 amide bonds. The molecule has 1 aliphatic heterocycles. The SMILES string of the molecule is CCCCCCCCCCCC/C=C/CCCCCCO[C@H](CO)[C@H]1OC[C@H](O)[C@H]1O. The summed E-state index contributed by atoms with van der Waals surface area (Å²) >= 11 is 0. The Bertz CT molecular complexity index is 415. The Labute approximate surface area is 191 Å². The number of ether oxygens (including phenoxy) is 2. The van der Waals surface area contributed by atoms with Crippen molar-refractivity contribution in [2.45, 2.75) is 134 Å². The first-order valence-corrected chi connectivity index (χ1v) is 13.1. The van der Waals surface area contributed by atoms with Crippen LogP contribution in [0.3, 0.4) is 0 Å². The van der Waals surface area contributed by atoms with Crippen LogP contribution in [0.1, 0.15) is 110 Å². The number of aliphatic hydroxyl groups is 3. The van der Waals surface area contributed by atoms with Crippen LogP contribution in [0.15, 0.2) is 12.2 Å². The Morgan fingerprint density at radius 3 is 1.81 bits per heavy atom. The fourth-order valence-corrected chi connectivity index (χ4v) is 4.14. The first-order chi connectivity index (χ1) is 15.2. The zero-order valence-electron chi connectivity index (χ0n) is 20.1. The van der Waals surface area contributed by atoms with Crippen LogP contribution in [0.4, 0.5) is 0 Å². The fraction of sp³-hybridized carbons (Fsp3) is 0.923. The summed E-state index contributed by atoms with van der Waals surface area (Å²) in [5.41, 5.74) is 0. The van der Waals surface area contributed by atoms with E-state index in [1.807, 2.05) is 0 Å². The van der Waals surface area contributed by atoms with E-state index in [0.717, 1.165) is 19.3 Å². The lowest BCUT2D eigenvalue weighted by Gasteiger charge is -2.24. The van der Waals surface area contributed by atoms with Gasteiger partial charge >= 0.3 is 0 Å². The van der Waals surface area contributed by atoms with Gasteiger partial charge in [-0.2, -0.15) is 0 Å². The number of unbranched alkanes of at least 4 members (excludes halogenated alkanes) is 14. The highest BCUT2D eigenvalue weighted by atomic mass is 16.6. The van der Waals surface area contributed by atoms with Crippen molar-refractivity contribution in [3.05, 3.63) is 12.2 Å². The molecular formula is C26H50O5. The maximum Gasteiger partial charge on any atom is 0.114 e. The van der Waals surface area contributed by atoms with E-state index in [4.69, 9.17) is 9.47 Å². The molecule has 0 radical (unpaired) electrons. The molecule has 0 saturated carbocycles. The third kappa shape index (κ3) is 14.3. The standard InChI is InChI=1S/C26H50O5/c1-2-3-4-5-6-7-8-9-10-11-12-13-14-15-16-17-18-19-20-30-24(21-27)26-25(29)23(28)22-31-26/h13-14,23-29H,2-12,15-22H2,1H3/b14-13+/t23-,24+,25+,26+/m0/s1. The molecule has 0 aromatic carbocycles. The lowest BCUT2D eigenvalue weighted by molar-refractivity contribution is -0.101. The second-order valence-corrected chi connectivity index (χ2v) is 9.09. The zero-order chi connectivity index (χ0) is 22.6. The zero-order valence-corrected chi connectivity index (χ0v) is 20.1. The van der Waals surface area contributed by atoms with Crippen LogP contribution in [-0.2, 0) is 9.47 Å². The van der Waals surface area contributed by atoms with E-state index in [1.54, 1.807) is 0 Å². The average Bonchev–Trinajstić information content (AvgIpc) is 3.11. The third-order valence-corrected chi connectivity index (χ3v) is 6.22. The topological polar surface area (TPSA) is 79.2 Å². The van der Waals surface area contributed by atoms with Crippen molar-refractivity contribution in [3.8, 4) is 0 Å². The minimum absolute atomic E-state index is 0.0956. The summed E-state index contributed by atoms with van der Waals surface area (Å²) in [5, 5.41) is 28.8. The first-order valence-electron chi connectivity index (χ1n) is 13.1. The summed E-state index contributed by atoms with van der Waals surface area (Å²) in [5.74, 6) is 0. The minimum Gasteiger partial charge on any atom is -0.394 e. The van der Waals surface area contributed by atoms with E-state index in [-0.39, 0.29) is 13.2 Å². The predicted molar refractivity (Wildman–Crippen MR) is 127 cm³/mol. The largest absolute Gasteiger partial charge is 0.394 e. The van der Waals surface area contributed by atoms with Gasteiger partial charge in [0.05, 0.1) is 13.2 Å². The Morgan fingerprint density at radius 1 is 0.806 bits per heavy atom. The Balaban J connectivity index is 1.83. The van der Waals surface area contributed by atoms with Gasteiger partial charge in [0.25, 0.3) is 0 Å². The number of hydrogen-bond acceptors (Lipinski definition) is 5. The molecule has 1 heterocycles. The van der Waals surface area contributed by atoms with E-state index in [1.165, 1.54) is 83.5 Å². The summed E-state index contributed by atoms with van der Waals surface area (Å²) in [6, 6.07) is 0. The molecule has 5 heteroatoms. The van der Waals surface area contributed by atoms with Gasteiger partial charge in [0.2, 0.25) is 0 Å². The number of rotatable bonds is 21. The quantitative estimate of drug-likeness (QED) is 0.166. The van der Waals surface area contributed by atoms with Crippen LogP contribution in [0.5, 0.6) is 0 Å². The van der Waals surface area contributed by atoms with Gasteiger partial charge in [0, 0.05) is 6.61 Å². The predicted octanol–water partition coefficient (Wildman–Crippen LogP) is 5.30. The van der Waals surface area contributed by atoms with Crippen molar-refractivity contribution >= 4 is 0 Å². The van der Waals surface area contributed by atoms with Crippen molar-refractivity contribution in [1.82, 2.24) is 0 Å². The molecule has 5 nitrogen and oxygen atoms in total. The number of hydrogen-bond donors (Lipinski definition) is 3. The fourth-order valence-electron chi connectivity index (χ4n) is 4.14. The second-order valence-electron chi connectivity index (χ2n) is 9.09. The van der Waals surface area contributed by atoms with Crippen molar-refractivity contribution < 1.29 is 24.8 Å². The van der Waals surface area contributed by atoms with Crippen LogP contribution in [0.2, 0.25) is 0 Å². The number of allylic oxidation sites excluding steroid dienone is 2. The minimum atomic E-state index is -0.982. The van der Waals surface area contributed by atoms with E-state index >= 15 is 0 Å². The summed E-state index contributed by atoms with van der Waals surface area (Å²) in [6.07, 6.45) is 22.3. The molecule has 1 fully saturated rings. The van der Waals surface area contributed by atoms with Crippen molar-refractivity contribution in [3.63, 3.8) is 0 Å². The van der Waals surface area contributed by atoms with Crippen LogP contribution >= 0.6 is 0 Å². The highest BCUT2D eigenvalue weighted by molar-refractivity contribution is 4.88. The van der Waals surface area contributed by atoms with Gasteiger partial charge in [0.15, 0.2) is 0 Å². The molecule has 0 aromatic heterocycles. The van der Waals surface area contributed by atoms with E-state index in [2.05, 4.69) is 19.1 Å². The van der Waals surface area contributed by atoms with Gasteiger partial charge < -0.3 is 24.8 Å². The third-order valence-electron chi connectivity index (χ3n) is 6.22. The molecule has 4 atom stereocenters. The molecule has 31 heavy (non-hydrogen) atoms. The van der Waals surface area contributed by atoms with Gasteiger partial charge in [0.1, 0.15) is 24.4 Å². The molecule has 1 saturated heterocycles. The molecule has 3 N–H and O–H groups in total. The van der Waals surface area contributed by atoms with Gasteiger partial charge in [-0.05, 0) is 32.1 Å². The highest BCUT2D eigenvalue weighted by Crippen LogP contribution is 2.20. The Morgan fingerprint density at radius 2 is 1.32 bits per heavy atom. The van der Waals surface area contributed by atoms with Crippen LogP contribution in [-0.4, -0.2) is 59.6 Å². The lowest BCUT2D eigenvalue weighted by atomic mass is 10.1. The Kier molecular flexibility index (Phi) is 18.6. The first kappa shape index (κ1) is 28.6. The van der Waals surface area contributed by atoms with Crippen molar-refractivity contribution in [1.29, 1.82) is 0 Å². The summed E-state index contributed by atoms with van der Waals surface area (Å²) in [6.45, 7) is 2.70. The van der Waals surface area contributed by atoms with Crippen LogP contribution in [0, 0.1) is 0 Å². The second kappa shape index (κ2) is 20.2. The molecule has 0 aromatic rings. The van der Waals surface area contributed by atoms with Crippen LogP contribution < -0.4 is 0 Å². The van der Waals surface area contributed by atoms with E-state index in [9.17, 15) is 15.3 Å². The van der Waals surface area contributed by atoms with Crippen LogP contribution in [0.25, 0.3) is 0 Å². The Hall–Kier alpha value is -0.460. The monoisotopic (exact) mass is 442 g/mol. The van der Waals surface area contributed by atoms with Gasteiger partial charge in [-0.25, -0.2) is 0 Å².